The monoisotopic (exact) mass is 596 g/mol. The van der Waals surface area contributed by atoms with Gasteiger partial charge in [-0.25, -0.2) is 27.3 Å². The number of aromatic nitrogens is 5. The van der Waals surface area contributed by atoms with Crippen LogP contribution in [-0.4, -0.2) is 37.9 Å². The summed E-state index contributed by atoms with van der Waals surface area (Å²) < 4.78 is 51.8. The summed E-state index contributed by atoms with van der Waals surface area (Å²) in [5.74, 6) is 0.293. The molecule has 1 fully saturated rings. The van der Waals surface area contributed by atoms with Crippen molar-refractivity contribution >= 4 is 31.6 Å². The van der Waals surface area contributed by atoms with E-state index in [4.69, 9.17) is 4.74 Å². The van der Waals surface area contributed by atoms with E-state index in [1.165, 1.54) is 41.1 Å². The van der Waals surface area contributed by atoms with Gasteiger partial charge in [-0.05, 0) is 55.7 Å². The lowest BCUT2D eigenvalue weighted by atomic mass is 10.2. The first kappa shape index (κ1) is 27.1. The standard InChI is InChI=1S/C27H25FN6O5S2/c1-27(9-10-27)31-41(37,38)23-11-21-24(35)33(16-18-13-30-32(2)14-18)26(36)34(25(21)40-23)15-17-3-8-22(29-12-17)39-20-6-4-19(28)5-7-20/h3-8,11-14,31H,9-10,15-16H2,1-2H3. The molecule has 0 saturated heterocycles. The molecule has 41 heavy (non-hydrogen) atoms. The number of pyridine rings is 1. The predicted octanol–water partition coefficient (Wildman–Crippen LogP) is 3.21. The third kappa shape index (κ3) is 5.58. The maximum Gasteiger partial charge on any atom is 0.332 e. The lowest BCUT2D eigenvalue weighted by molar-refractivity contribution is 0.460. The molecular formula is C27H25FN6O5S2. The van der Waals surface area contributed by atoms with Crippen LogP contribution in [0.1, 0.15) is 30.9 Å². The van der Waals surface area contributed by atoms with Crippen LogP contribution >= 0.6 is 11.3 Å². The molecule has 1 aromatic carbocycles. The fourth-order valence-corrected chi connectivity index (χ4v) is 7.26. The third-order valence-corrected chi connectivity index (χ3v) is 10.1. The Morgan fingerprint density at radius 1 is 1.05 bits per heavy atom. The number of sulfonamides is 1. The van der Waals surface area contributed by atoms with Crippen molar-refractivity contribution in [2.45, 2.75) is 42.6 Å². The van der Waals surface area contributed by atoms with Crippen LogP contribution < -0.4 is 20.7 Å². The Morgan fingerprint density at radius 2 is 1.78 bits per heavy atom. The number of rotatable bonds is 9. The first-order valence-corrected chi connectivity index (χ1v) is 15.0. The van der Waals surface area contributed by atoms with Gasteiger partial charge in [-0.1, -0.05) is 6.07 Å². The number of hydrogen-bond acceptors (Lipinski definition) is 8. The highest BCUT2D eigenvalue weighted by molar-refractivity contribution is 7.91. The van der Waals surface area contributed by atoms with E-state index in [1.54, 1.807) is 36.3 Å². The molecule has 14 heteroatoms. The van der Waals surface area contributed by atoms with Crippen molar-refractivity contribution in [3.63, 3.8) is 0 Å². The summed E-state index contributed by atoms with van der Waals surface area (Å²) in [5, 5.41) is 4.24. The normalized spacial score (nSPS) is 14.4. The van der Waals surface area contributed by atoms with Gasteiger partial charge in [-0.3, -0.25) is 18.6 Å². The van der Waals surface area contributed by atoms with Gasteiger partial charge in [0.2, 0.25) is 5.88 Å². The Kier molecular flexibility index (Phi) is 6.63. The van der Waals surface area contributed by atoms with Crippen molar-refractivity contribution in [2.24, 2.45) is 7.05 Å². The van der Waals surface area contributed by atoms with Gasteiger partial charge in [0.05, 0.1) is 24.7 Å². The van der Waals surface area contributed by atoms with E-state index >= 15 is 0 Å². The van der Waals surface area contributed by atoms with E-state index in [2.05, 4.69) is 14.8 Å². The van der Waals surface area contributed by atoms with Crippen LogP contribution in [0.3, 0.4) is 0 Å². The van der Waals surface area contributed by atoms with Gasteiger partial charge in [0.25, 0.3) is 15.6 Å². The van der Waals surface area contributed by atoms with Gasteiger partial charge >= 0.3 is 5.69 Å². The van der Waals surface area contributed by atoms with Crippen LogP contribution in [0.25, 0.3) is 10.2 Å². The van der Waals surface area contributed by atoms with Crippen LogP contribution in [0.2, 0.25) is 0 Å². The second-order valence-corrected chi connectivity index (χ2v) is 13.2. The molecule has 0 spiro atoms. The summed E-state index contributed by atoms with van der Waals surface area (Å²) in [6, 6.07) is 10.2. The predicted molar refractivity (Wildman–Crippen MR) is 150 cm³/mol. The van der Waals surface area contributed by atoms with Crippen molar-refractivity contribution in [3.05, 3.63) is 98.8 Å². The van der Waals surface area contributed by atoms with Gasteiger partial charge in [0, 0.05) is 36.6 Å². The van der Waals surface area contributed by atoms with Crippen LogP contribution in [0, 0.1) is 5.82 Å². The minimum atomic E-state index is -3.90. The highest BCUT2D eigenvalue weighted by atomic mass is 32.2. The Hall–Kier alpha value is -4.14. The topological polar surface area (TPSA) is 130 Å². The minimum Gasteiger partial charge on any atom is -0.439 e. The number of aryl methyl sites for hydroxylation is 1. The molecule has 1 aliphatic rings. The Balaban J connectivity index is 1.39. The van der Waals surface area contributed by atoms with E-state index in [1.807, 2.05) is 6.92 Å². The summed E-state index contributed by atoms with van der Waals surface area (Å²) in [5.41, 5.74) is -0.410. The van der Waals surface area contributed by atoms with E-state index in [-0.39, 0.29) is 39.2 Å². The van der Waals surface area contributed by atoms with Crippen molar-refractivity contribution in [1.82, 2.24) is 28.6 Å². The molecule has 0 bridgehead atoms. The Bertz CT molecular complexity index is 1990. The van der Waals surface area contributed by atoms with Gasteiger partial charge in [-0.2, -0.15) is 5.10 Å². The lowest BCUT2D eigenvalue weighted by Crippen LogP contribution is -2.40. The molecule has 4 heterocycles. The number of fused-ring (bicyclic) bond motifs is 1. The summed E-state index contributed by atoms with van der Waals surface area (Å²) in [4.78, 5) is 31.8. The third-order valence-electron chi connectivity index (χ3n) is 6.79. The molecule has 4 aromatic heterocycles. The van der Waals surface area contributed by atoms with Crippen molar-refractivity contribution < 1.29 is 17.5 Å². The second kappa shape index (κ2) is 10.0. The number of hydrogen-bond donors (Lipinski definition) is 1. The van der Waals surface area contributed by atoms with Crippen LogP contribution in [0.15, 0.2) is 74.9 Å². The molecule has 0 radical (unpaired) electrons. The van der Waals surface area contributed by atoms with Gasteiger partial charge in [-0.15, -0.1) is 11.3 Å². The molecule has 0 aliphatic heterocycles. The SMILES string of the molecule is Cn1cc(Cn2c(=O)c3cc(S(=O)(=O)NC4(C)CC4)sc3n(Cc3ccc(Oc4ccc(F)cc4)nc3)c2=O)cn1. The zero-order valence-electron chi connectivity index (χ0n) is 22.1. The first-order chi connectivity index (χ1) is 19.5. The number of halogens is 1. The van der Waals surface area contributed by atoms with Gasteiger partial charge in [0.1, 0.15) is 20.6 Å². The fourth-order valence-electron chi connectivity index (χ4n) is 4.36. The molecule has 6 rings (SSSR count). The zero-order chi connectivity index (χ0) is 28.9. The van der Waals surface area contributed by atoms with Gasteiger partial charge < -0.3 is 4.74 Å². The maximum atomic E-state index is 13.7. The van der Waals surface area contributed by atoms with E-state index < -0.39 is 26.8 Å². The lowest BCUT2D eigenvalue weighted by Gasteiger charge is -2.12. The molecule has 212 valence electrons. The Labute approximate surface area is 237 Å². The summed E-state index contributed by atoms with van der Waals surface area (Å²) in [6.45, 7) is 1.82. The number of ether oxygens (including phenoxy) is 1. The summed E-state index contributed by atoms with van der Waals surface area (Å²) in [6.07, 6.45) is 6.25. The van der Waals surface area contributed by atoms with E-state index in [0.717, 1.165) is 28.7 Å². The largest absolute Gasteiger partial charge is 0.439 e. The number of nitrogens with zero attached hydrogens (tertiary/aromatic N) is 5. The minimum absolute atomic E-state index is 0.0254. The number of nitrogens with one attached hydrogen (secondary N) is 1. The van der Waals surface area contributed by atoms with Crippen LogP contribution in [0.4, 0.5) is 4.39 Å². The average molecular weight is 597 g/mol. The molecule has 11 nitrogen and oxygen atoms in total. The second-order valence-electron chi connectivity index (χ2n) is 10.3. The van der Waals surface area contributed by atoms with Gasteiger partial charge in [0.15, 0.2) is 0 Å². The van der Waals surface area contributed by atoms with E-state index in [9.17, 15) is 22.4 Å². The van der Waals surface area contributed by atoms with E-state index in [0.29, 0.717) is 16.9 Å². The summed E-state index contributed by atoms with van der Waals surface area (Å²) >= 11 is 0.879. The number of benzene rings is 1. The molecule has 5 aromatic rings. The van der Waals surface area contributed by atoms with Crippen LogP contribution in [-0.2, 0) is 30.2 Å². The number of thiophene rings is 1. The van der Waals surface area contributed by atoms with Crippen molar-refractivity contribution in [3.8, 4) is 11.6 Å². The average Bonchev–Trinajstić information content (AvgIpc) is 3.29. The molecule has 1 N–H and O–H groups in total. The highest BCUT2D eigenvalue weighted by Crippen LogP contribution is 2.37. The maximum absolute atomic E-state index is 13.7. The molecule has 0 amide bonds. The zero-order valence-corrected chi connectivity index (χ0v) is 23.7. The van der Waals surface area contributed by atoms with Crippen LogP contribution in [0.5, 0.6) is 11.6 Å². The highest BCUT2D eigenvalue weighted by Gasteiger charge is 2.41. The summed E-state index contributed by atoms with van der Waals surface area (Å²) in [7, 11) is -2.17. The van der Waals surface area contributed by atoms with Crippen molar-refractivity contribution in [2.75, 3.05) is 0 Å². The van der Waals surface area contributed by atoms with Crippen molar-refractivity contribution in [1.29, 1.82) is 0 Å². The molecule has 1 aliphatic carbocycles. The smallest absolute Gasteiger partial charge is 0.332 e. The first-order valence-electron chi connectivity index (χ1n) is 12.7. The molecule has 0 atom stereocenters. The molecular weight excluding hydrogens is 571 g/mol. The molecule has 1 saturated carbocycles. The Morgan fingerprint density at radius 3 is 2.41 bits per heavy atom. The fraction of sp³-hybridized carbons (Fsp3) is 0.259. The quantitative estimate of drug-likeness (QED) is 0.277. The molecule has 0 unspecified atom stereocenters.